The third-order valence-electron chi connectivity index (χ3n) is 2.13. The van der Waals surface area contributed by atoms with Gasteiger partial charge in [-0.1, -0.05) is 0 Å². The third kappa shape index (κ3) is 6.26. The number of rotatable bonds is 4. The van der Waals surface area contributed by atoms with E-state index >= 15 is 0 Å². The lowest BCUT2D eigenvalue weighted by Gasteiger charge is -2.30. The van der Waals surface area contributed by atoms with Crippen LogP contribution >= 0.6 is 48.0 Å². The minimum Gasteiger partial charge on any atom is -0.344 e. The lowest BCUT2D eigenvalue weighted by atomic mass is 10.4. The Hall–Kier alpha value is 0.730. The quantitative estimate of drug-likeness (QED) is 0.425. The van der Waals surface area contributed by atoms with Crippen LogP contribution in [0.15, 0.2) is 0 Å². The van der Waals surface area contributed by atoms with Gasteiger partial charge in [-0.05, 0) is 27.7 Å². The van der Waals surface area contributed by atoms with Crippen molar-refractivity contribution in [1.29, 1.82) is 5.41 Å². The molecule has 0 aliphatic rings. The Morgan fingerprint density at radius 1 is 0.786 bits per heavy atom. The number of nitrogens with zero attached hydrogens (tertiary/aromatic N) is 2. The normalized spacial score (nSPS) is 8.29. The zero-order valence-electron chi connectivity index (χ0n) is 9.54. The smallest absolute Gasteiger partial charge is 0.193 e. The van der Waals surface area contributed by atoms with Crippen LogP contribution in [0.5, 0.6) is 0 Å². The highest BCUT2D eigenvalue weighted by Crippen LogP contribution is 1.96. The van der Waals surface area contributed by atoms with Crippen molar-refractivity contribution < 1.29 is 0 Å². The summed E-state index contributed by atoms with van der Waals surface area (Å²) in [6.07, 6.45) is 0. The van der Waals surface area contributed by atoms with Gasteiger partial charge in [0.05, 0.1) is 0 Å². The molecule has 0 amide bonds. The standard InChI is InChI=1S/C9H21N3.2HI/c1-5-11(6-2)9(10)12(7-3)8-4;;/h10H,5-8H2,1-4H3;2*1H. The van der Waals surface area contributed by atoms with E-state index in [1.165, 1.54) is 0 Å². The molecule has 0 atom stereocenters. The molecule has 0 saturated heterocycles. The first kappa shape index (κ1) is 20.2. The Morgan fingerprint density at radius 3 is 1.14 bits per heavy atom. The van der Waals surface area contributed by atoms with Crippen LogP contribution in [0.4, 0.5) is 0 Å². The van der Waals surface area contributed by atoms with Gasteiger partial charge in [0, 0.05) is 26.2 Å². The van der Waals surface area contributed by atoms with Crippen LogP contribution < -0.4 is 0 Å². The van der Waals surface area contributed by atoms with E-state index in [1.807, 2.05) is 0 Å². The number of guanidine groups is 1. The van der Waals surface area contributed by atoms with Gasteiger partial charge in [-0.2, -0.15) is 0 Å². The molecule has 0 bridgehead atoms. The molecule has 14 heavy (non-hydrogen) atoms. The van der Waals surface area contributed by atoms with Gasteiger partial charge in [0.2, 0.25) is 0 Å². The predicted octanol–water partition coefficient (Wildman–Crippen LogP) is 2.84. The van der Waals surface area contributed by atoms with Gasteiger partial charge in [-0.25, -0.2) is 0 Å². The molecule has 0 aromatic carbocycles. The molecule has 0 heterocycles. The van der Waals surface area contributed by atoms with Gasteiger partial charge in [-0.15, -0.1) is 48.0 Å². The van der Waals surface area contributed by atoms with Gasteiger partial charge in [0.1, 0.15) is 0 Å². The summed E-state index contributed by atoms with van der Waals surface area (Å²) in [6, 6.07) is 0. The summed E-state index contributed by atoms with van der Waals surface area (Å²) in [5.41, 5.74) is 0. The second kappa shape index (κ2) is 11.8. The van der Waals surface area contributed by atoms with E-state index in [9.17, 15) is 0 Å². The number of hydrogen-bond acceptors (Lipinski definition) is 1. The average molecular weight is 427 g/mol. The highest BCUT2D eigenvalue weighted by molar-refractivity contribution is 14.0. The van der Waals surface area contributed by atoms with Crippen molar-refractivity contribution in [3.8, 4) is 0 Å². The lowest BCUT2D eigenvalue weighted by molar-refractivity contribution is 0.347. The molecular formula is C9H23I2N3. The van der Waals surface area contributed by atoms with Crippen molar-refractivity contribution >= 4 is 53.9 Å². The first-order valence-corrected chi connectivity index (χ1v) is 4.79. The van der Waals surface area contributed by atoms with Crippen molar-refractivity contribution in [2.75, 3.05) is 26.2 Å². The summed E-state index contributed by atoms with van der Waals surface area (Å²) in [7, 11) is 0. The summed E-state index contributed by atoms with van der Waals surface area (Å²) in [6.45, 7) is 12.0. The molecule has 0 fully saturated rings. The molecule has 0 aliphatic carbocycles. The summed E-state index contributed by atoms with van der Waals surface area (Å²) < 4.78 is 0. The van der Waals surface area contributed by atoms with Gasteiger partial charge >= 0.3 is 0 Å². The monoisotopic (exact) mass is 427 g/mol. The molecule has 0 aromatic rings. The van der Waals surface area contributed by atoms with E-state index in [1.54, 1.807) is 0 Å². The third-order valence-corrected chi connectivity index (χ3v) is 2.13. The lowest BCUT2D eigenvalue weighted by Crippen LogP contribution is -2.43. The van der Waals surface area contributed by atoms with E-state index in [2.05, 4.69) is 37.5 Å². The summed E-state index contributed by atoms with van der Waals surface area (Å²) in [5, 5.41) is 7.86. The molecule has 0 aliphatic heterocycles. The molecular weight excluding hydrogens is 404 g/mol. The minimum atomic E-state index is 0. The van der Waals surface area contributed by atoms with E-state index in [-0.39, 0.29) is 48.0 Å². The highest BCUT2D eigenvalue weighted by atomic mass is 127. The zero-order chi connectivity index (χ0) is 9.56. The first-order chi connectivity index (χ1) is 5.71. The minimum absolute atomic E-state index is 0. The molecule has 0 aromatic heterocycles. The van der Waals surface area contributed by atoms with Gasteiger partial charge < -0.3 is 9.80 Å². The molecule has 0 rings (SSSR count). The Morgan fingerprint density at radius 2 is 1.00 bits per heavy atom. The van der Waals surface area contributed by atoms with Crippen molar-refractivity contribution in [1.82, 2.24) is 9.80 Å². The van der Waals surface area contributed by atoms with Crippen LogP contribution in [0.3, 0.4) is 0 Å². The SMILES string of the molecule is CCN(CC)C(=N)N(CC)CC.I.I. The Bertz CT molecular complexity index is 120. The molecule has 0 saturated carbocycles. The van der Waals surface area contributed by atoms with Crippen molar-refractivity contribution in [2.45, 2.75) is 27.7 Å². The molecule has 5 heteroatoms. The summed E-state index contributed by atoms with van der Waals surface area (Å²) in [4.78, 5) is 4.12. The molecule has 3 nitrogen and oxygen atoms in total. The Labute approximate surface area is 122 Å². The summed E-state index contributed by atoms with van der Waals surface area (Å²) in [5.74, 6) is 0.657. The molecule has 1 N–H and O–H groups in total. The fourth-order valence-electron chi connectivity index (χ4n) is 1.25. The topological polar surface area (TPSA) is 30.3 Å². The maximum Gasteiger partial charge on any atom is 0.193 e. The van der Waals surface area contributed by atoms with Crippen LogP contribution in [0, 0.1) is 5.41 Å². The Kier molecular flexibility index (Phi) is 17.0. The fraction of sp³-hybridized carbons (Fsp3) is 0.889. The van der Waals surface area contributed by atoms with Crippen molar-refractivity contribution in [2.24, 2.45) is 0 Å². The summed E-state index contributed by atoms with van der Waals surface area (Å²) >= 11 is 0. The van der Waals surface area contributed by atoms with Gasteiger partial charge in [0.15, 0.2) is 5.96 Å². The fourth-order valence-corrected chi connectivity index (χ4v) is 1.25. The van der Waals surface area contributed by atoms with Gasteiger partial charge in [-0.3, -0.25) is 5.41 Å². The average Bonchev–Trinajstić information content (AvgIpc) is 2.09. The number of hydrogen-bond donors (Lipinski definition) is 1. The van der Waals surface area contributed by atoms with Crippen molar-refractivity contribution in [3.05, 3.63) is 0 Å². The molecule has 0 radical (unpaired) electrons. The first-order valence-electron chi connectivity index (χ1n) is 4.79. The zero-order valence-corrected chi connectivity index (χ0v) is 14.2. The van der Waals surface area contributed by atoms with Crippen molar-refractivity contribution in [3.63, 3.8) is 0 Å². The molecule has 0 unspecified atom stereocenters. The predicted molar refractivity (Wildman–Crippen MR) is 84.4 cm³/mol. The van der Waals surface area contributed by atoms with Crippen LogP contribution in [0.25, 0.3) is 0 Å². The maximum atomic E-state index is 7.86. The van der Waals surface area contributed by atoms with E-state index in [4.69, 9.17) is 5.41 Å². The highest BCUT2D eigenvalue weighted by Gasteiger charge is 2.10. The molecule has 88 valence electrons. The number of nitrogens with one attached hydrogen (secondary N) is 1. The second-order valence-corrected chi connectivity index (χ2v) is 2.67. The van der Waals surface area contributed by atoms with Crippen LogP contribution in [0.2, 0.25) is 0 Å². The van der Waals surface area contributed by atoms with E-state index in [0.717, 1.165) is 26.2 Å². The van der Waals surface area contributed by atoms with Crippen LogP contribution in [-0.2, 0) is 0 Å². The van der Waals surface area contributed by atoms with E-state index in [0.29, 0.717) is 5.96 Å². The molecule has 0 spiro atoms. The van der Waals surface area contributed by atoms with Gasteiger partial charge in [0.25, 0.3) is 0 Å². The Balaban J connectivity index is -0.000000605. The largest absolute Gasteiger partial charge is 0.344 e. The number of halogens is 2. The van der Waals surface area contributed by atoms with E-state index < -0.39 is 0 Å². The van der Waals surface area contributed by atoms with Crippen LogP contribution in [-0.4, -0.2) is 41.9 Å². The van der Waals surface area contributed by atoms with Crippen LogP contribution in [0.1, 0.15) is 27.7 Å². The second-order valence-electron chi connectivity index (χ2n) is 2.67. The maximum absolute atomic E-state index is 7.86.